The smallest absolute Gasteiger partial charge is 0.119 e. The summed E-state index contributed by atoms with van der Waals surface area (Å²) in [7, 11) is 3.39. The van der Waals surface area contributed by atoms with Crippen molar-refractivity contribution in [2.45, 2.75) is 13.5 Å². The topological polar surface area (TPSA) is 32.6 Å². The van der Waals surface area contributed by atoms with E-state index in [0.29, 0.717) is 6.61 Å². The summed E-state index contributed by atoms with van der Waals surface area (Å²) in [5.74, 6) is 2.60. The highest BCUT2D eigenvalue weighted by Gasteiger charge is 2.17. The summed E-state index contributed by atoms with van der Waals surface area (Å²) >= 11 is 3.40. The molecule has 0 aliphatic carbocycles. The first-order valence-corrected chi connectivity index (χ1v) is 11.4. The van der Waals surface area contributed by atoms with Crippen LogP contribution in [0.2, 0.25) is 0 Å². The molecule has 5 heteroatoms. The molecule has 0 saturated heterocycles. The van der Waals surface area contributed by atoms with Crippen LogP contribution >= 0.6 is 15.9 Å². The number of halogens is 1. The van der Waals surface area contributed by atoms with Gasteiger partial charge in [0.2, 0.25) is 0 Å². The van der Waals surface area contributed by atoms with Crippen molar-refractivity contribution in [3.63, 3.8) is 0 Å². The normalized spacial score (nSPS) is 11.0. The zero-order valence-electron chi connectivity index (χ0n) is 18.0. The number of benzene rings is 3. The van der Waals surface area contributed by atoms with Gasteiger partial charge in [0.25, 0.3) is 0 Å². The van der Waals surface area contributed by atoms with Crippen molar-refractivity contribution in [2.75, 3.05) is 26.2 Å². The van der Waals surface area contributed by atoms with Gasteiger partial charge >= 0.3 is 0 Å². The van der Waals surface area contributed by atoms with Crippen LogP contribution in [0.4, 0.5) is 0 Å². The quantitative estimate of drug-likeness (QED) is 0.272. The van der Waals surface area contributed by atoms with Gasteiger partial charge in [0.15, 0.2) is 0 Å². The van der Waals surface area contributed by atoms with E-state index >= 15 is 0 Å². The Labute approximate surface area is 191 Å². The number of alkyl halides is 1. The van der Waals surface area contributed by atoms with Crippen molar-refractivity contribution in [1.82, 2.24) is 4.57 Å². The molecule has 4 nitrogen and oxygen atoms in total. The van der Waals surface area contributed by atoms with E-state index in [1.807, 2.05) is 30.3 Å². The van der Waals surface area contributed by atoms with Crippen LogP contribution in [-0.2, 0) is 6.54 Å². The third-order valence-corrected chi connectivity index (χ3v) is 5.82. The predicted octanol–water partition coefficient (Wildman–Crippen LogP) is 6.46. The van der Waals surface area contributed by atoms with Crippen molar-refractivity contribution in [3.05, 3.63) is 77.9 Å². The number of hydrogen-bond acceptors (Lipinski definition) is 3. The van der Waals surface area contributed by atoms with Crippen molar-refractivity contribution >= 4 is 26.8 Å². The Morgan fingerprint density at radius 1 is 0.806 bits per heavy atom. The molecule has 31 heavy (non-hydrogen) atoms. The average Bonchev–Trinajstić information content (AvgIpc) is 3.09. The van der Waals surface area contributed by atoms with Crippen LogP contribution in [0.1, 0.15) is 11.1 Å². The molecule has 4 rings (SSSR count). The fourth-order valence-corrected chi connectivity index (χ4v) is 4.11. The largest absolute Gasteiger partial charge is 0.497 e. The van der Waals surface area contributed by atoms with Gasteiger partial charge in [-0.3, -0.25) is 0 Å². The van der Waals surface area contributed by atoms with Gasteiger partial charge < -0.3 is 18.8 Å². The monoisotopic (exact) mass is 479 g/mol. The lowest BCUT2D eigenvalue weighted by Crippen LogP contribution is -2.03. The first-order chi connectivity index (χ1) is 15.1. The molecule has 0 saturated carbocycles. The number of hydrogen-bond donors (Lipinski definition) is 0. The van der Waals surface area contributed by atoms with Gasteiger partial charge in [-0.05, 0) is 78.2 Å². The number of rotatable bonds is 8. The maximum atomic E-state index is 5.70. The third kappa shape index (κ3) is 4.42. The van der Waals surface area contributed by atoms with Crippen LogP contribution in [0.3, 0.4) is 0 Å². The molecule has 4 aromatic rings. The first-order valence-electron chi connectivity index (χ1n) is 10.2. The second-order valence-corrected chi connectivity index (χ2v) is 8.15. The molecule has 0 fully saturated rings. The minimum atomic E-state index is 0.657. The van der Waals surface area contributed by atoms with Crippen molar-refractivity contribution in [3.8, 4) is 28.5 Å². The van der Waals surface area contributed by atoms with Crippen molar-refractivity contribution < 1.29 is 14.2 Å². The average molecular weight is 480 g/mol. The van der Waals surface area contributed by atoms with Gasteiger partial charge in [0, 0.05) is 22.8 Å². The molecule has 0 spiro atoms. The molecule has 1 heterocycles. The van der Waals surface area contributed by atoms with Gasteiger partial charge in [-0.25, -0.2) is 0 Å². The highest BCUT2D eigenvalue weighted by molar-refractivity contribution is 9.09. The zero-order valence-corrected chi connectivity index (χ0v) is 19.6. The van der Waals surface area contributed by atoms with Crippen LogP contribution in [-0.4, -0.2) is 30.7 Å². The number of methoxy groups -OCH3 is 2. The van der Waals surface area contributed by atoms with Crippen LogP contribution in [0.5, 0.6) is 17.2 Å². The lowest BCUT2D eigenvalue weighted by molar-refractivity contribution is 0.345. The van der Waals surface area contributed by atoms with E-state index in [1.54, 1.807) is 14.2 Å². The molecule has 0 aliphatic heterocycles. The number of aromatic nitrogens is 1. The zero-order chi connectivity index (χ0) is 21.8. The summed E-state index contributed by atoms with van der Waals surface area (Å²) in [6, 6.07) is 22.9. The molecular formula is C26H26BrNO3. The van der Waals surface area contributed by atoms with Gasteiger partial charge in [0.05, 0.1) is 26.5 Å². The standard InChI is InChI=1S/C26H26BrNO3/c1-18-24-16-23(30-3)12-13-25(24)28(26(18)20-6-10-21(29-2)11-7-20)17-19-4-8-22(9-5-19)31-15-14-27/h4-13,16H,14-15,17H2,1-3H3. The SMILES string of the molecule is COc1ccc(-c2c(C)c3cc(OC)ccc3n2Cc2ccc(OCCBr)cc2)cc1. The van der Waals surface area contributed by atoms with E-state index in [1.165, 1.54) is 27.7 Å². The molecule has 0 atom stereocenters. The van der Waals surface area contributed by atoms with Gasteiger partial charge in [-0.2, -0.15) is 0 Å². The molecule has 0 radical (unpaired) electrons. The number of nitrogens with zero attached hydrogens (tertiary/aromatic N) is 1. The van der Waals surface area contributed by atoms with Gasteiger partial charge in [-0.15, -0.1) is 0 Å². The molecule has 160 valence electrons. The maximum absolute atomic E-state index is 5.70. The van der Waals surface area contributed by atoms with E-state index in [-0.39, 0.29) is 0 Å². The second kappa shape index (κ2) is 9.48. The minimum absolute atomic E-state index is 0.657. The lowest BCUT2D eigenvalue weighted by Gasteiger charge is -2.13. The molecule has 0 aliphatic rings. The van der Waals surface area contributed by atoms with E-state index in [9.17, 15) is 0 Å². The molecule has 1 aromatic heterocycles. The maximum Gasteiger partial charge on any atom is 0.119 e. The van der Waals surface area contributed by atoms with Crippen LogP contribution < -0.4 is 14.2 Å². The highest BCUT2D eigenvalue weighted by atomic mass is 79.9. The summed E-state index contributed by atoms with van der Waals surface area (Å²) in [5.41, 5.74) is 5.99. The van der Waals surface area contributed by atoms with E-state index < -0.39 is 0 Å². The minimum Gasteiger partial charge on any atom is -0.497 e. The van der Waals surface area contributed by atoms with Crippen LogP contribution in [0.15, 0.2) is 66.7 Å². The van der Waals surface area contributed by atoms with Gasteiger partial charge in [-0.1, -0.05) is 28.1 Å². The third-order valence-electron chi connectivity index (χ3n) is 5.50. The predicted molar refractivity (Wildman–Crippen MR) is 130 cm³/mol. The highest BCUT2D eigenvalue weighted by Crippen LogP contribution is 2.36. The van der Waals surface area contributed by atoms with Gasteiger partial charge in [0.1, 0.15) is 17.2 Å². The molecule has 0 amide bonds. The van der Waals surface area contributed by atoms with Crippen LogP contribution in [0, 0.1) is 6.92 Å². The fourth-order valence-electron chi connectivity index (χ4n) is 3.94. The number of ether oxygens (including phenoxy) is 3. The number of fused-ring (bicyclic) bond motifs is 1. The molecule has 0 bridgehead atoms. The Bertz CT molecular complexity index is 1160. The fraction of sp³-hybridized carbons (Fsp3) is 0.231. The van der Waals surface area contributed by atoms with Crippen LogP contribution in [0.25, 0.3) is 22.2 Å². The summed E-state index contributed by atoms with van der Waals surface area (Å²) in [6.07, 6.45) is 0. The summed E-state index contributed by atoms with van der Waals surface area (Å²) in [4.78, 5) is 0. The summed E-state index contributed by atoms with van der Waals surface area (Å²) in [5, 5.41) is 2.01. The summed E-state index contributed by atoms with van der Waals surface area (Å²) < 4.78 is 18.9. The van der Waals surface area contributed by atoms with E-state index in [4.69, 9.17) is 14.2 Å². The molecule has 0 unspecified atom stereocenters. The second-order valence-electron chi connectivity index (χ2n) is 7.35. The van der Waals surface area contributed by atoms with E-state index in [2.05, 4.69) is 63.8 Å². The number of aryl methyl sites for hydroxylation is 1. The Balaban J connectivity index is 1.79. The summed E-state index contributed by atoms with van der Waals surface area (Å²) in [6.45, 7) is 3.59. The lowest BCUT2D eigenvalue weighted by atomic mass is 10.1. The Morgan fingerprint density at radius 3 is 2.10 bits per heavy atom. The van der Waals surface area contributed by atoms with E-state index in [0.717, 1.165) is 34.7 Å². The Hall–Kier alpha value is -2.92. The Morgan fingerprint density at radius 2 is 1.45 bits per heavy atom. The molecule has 3 aromatic carbocycles. The van der Waals surface area contributed by atoms with Crippen molar-refractivity contribution in [2.24, 2.45) is 0 Å². The Kier molecular flexibility index (Phi) is 6.52. The first kappa shape index (κ1) is 21.3. The molecular weight excluding hydrogens is 454 g/mol. The molecule has 0 N–H and O–H groups in total. The van der Waals surface area contributed by atoms with Crippen molar-refractivity contribution in [1.29, 1.82) is 0 Å².